The molecule has 0 radical (unpaired) electrons. The van der Waals surface area contributed by atoms with Crippen molar-refractivity contribution in [2.45, 2.75) is 38.2 Å². The molecule has 1 unspecified atom stereocenters. The van der Waals surface area contributed by atoms with Crippen LogP contribution in [0, 0.1) is 11.8 Å². The van der Waals surface area contributed by atoms with E-state index in [4.69, 9.17) is 10.5 Å². The third kappa shape index (κ3) is 4.93. The summed E-state index contributed by atoms with van der Waals surface area (Å²) in [5, 5.41) is 3.38. The van der Waals surface area contributed by atoms with Crippen LogP contribution in [-0.4, -0.2) is 30.1 Å². The van der Waals surface area contributed by atoms with Gasteiger partial charge in [-0.05, 0) is 25.7 Å². The van der Waals surface area contributed by atoms with Crippen LogP contribution in [-0.2, 0) is 9.53 Å². The molecule has 1 aliphatic rings. The molecule has 0 aliphatic carbocycles. The Morgan fingerprint density at radius 3 is 3.25 bits per heavy atom. The molecule has 20 heavy (non-hydrogen) atoms. The van der Waals surface area contributed by atoms with E-state index in [9.17, 15) is 4.79 Å². The Morgan fingerprint density at radius 2 is 2.50 bits per heavy atom. The SMILES string of the molecule is NCC#Cc1cnc(NC(=O)CCC2CCCCO2)s1. The smallest absolute Gasteiger partial charge is 0.226 e. The highest BCUT2D eigenvalue weighted by Gasteiger charge is 2.15. The molecule has 5 nitrogen and oxygen atoms in total. The van der Waals surface area contributed by atoms with Crippen molar-refractivity contribution in [3.8, 4) is 11.8 Å². The largest absolute Gasteiger partial charge is 0.378 e. The third-order valence-corrected chi connectivity index (χ3v) is 3.86. The van der Waals surface area contributed by atoms with Gasteiger partial charge >= 0.3 is 0 Å². The van der Waals surface area contributed by atoms with Crippen molar-refractivity contribution in [2.75, 3.05) is 18.5 Å². The number of carbonyl (C=O) groups is 1. The number of nitrogens with zero attached hydrogens (tertiary/aromatic N) is 1. The fourth-order valence-corrected chi connectivity index (χ4v) is 2.74. The van der Waals surface area contributed by atoms with Gasteiger partial charge in [0.2, 0.25) is 5.91 Å². The van der Waals surface area contributed by atoms with Gasteiger partial charge in [0.15, 0.2) is 5.13 Å². The van der Waals surface area contributed by atoms with Crippen LogP contribution in [0.4, 0.5) is 5.13 Å². The first-order valence-corrected chi connectivity index (χ1v) is 7.66. The topological polar surface area (TPSA) is 77.2 Å². The number of ether oxygens (including phenoxy) is 1. The molecule has 1 amide bonds. The van der Waals surface area contributed by atoms with E-state index in [0.29, 0.717) is 18.1 Å². The zero-order valence-corrected chi connectivity index (χ0v) is 12.2. The van der Waals surface area contributed by atoms with Crippen molar-refractivity contribution in [1.29, 1.82) is 0 Å². The van der Waals surface area contributed by atoms with Crippen LogP contribution in [0.5, 0.6) is 0 Å². The fourth-order valence-electron chi connectivity index (χ4n) is 2.04. The Morgan fingerprint density at radius 1 is 1.60 bits per heavy atom. The van der Waals surface area contributed by atoms with Gasteiger partial charge in [-0.15, -0.1) is 0 Å². The van der Waals surface area contributed by atoms with Crippen molar-refractivity contribution >= 4 is 22.4 Å². The summed E-state index contributed by atoms with van der Waals surface area (Å²) in [5.41, 5.74) is 5.30. The van der Waals surface area contributed by atoms with Gasteiger partial charge in [-0.1, -0.05) is 23.2 Å². The average Bonchev–Trinajstić information content (AvgIpc) is 2.91. The first kappa shape index (κ1) is 15.0. The zero-order valence-electron chi connectivity index (χ0n) is 11.4. The summed E-state index contributed by atoms with van der Waals surface area (Å²) in [7, 11) is 0. The van der Waals surface area contributed by atoms with Crippen LogP contribution < -0.4 is 11.1 Å². The maximum Gasteiger partial charge on any atom is 0.226 e. The molecule has 3 N–H and O–H groups in total. The van der Waals surface area contributed by atoms with Gasteiger partial charge in [0.25, 0.3) is 0 Å². The molecule has 0 saturated carbocycles. The summed E-state index contributed by atoms with van der Waals surface area (Å²) in [6.45, 7) is 1.14. The summed E-state index contributed by atoms with van der Waals surface area (Å²) >= 11 is 1.36. The monoisotopic (exact) mass is 293 g/mol. The maximum atomic E-state index is 11.8. The molecular formula is C14H19N3O2S. The van der Waals surface area contributed by atoms with Crippen molar-refractivity contribution in [1.82, 2.24) is 4.98 Å². The van der Waals surface area contributed by atoms with Crippen molar-refractivity contribution in [2.24, 2.45) is 5.73 Å². The summed E-state index contributed by atoms with van der Waals surface area (Å²) < 4.78 is 5.60. The molecule has 1 aromatic heterocycles. The summed E-state index contributed by atoms with van der Waals surface area (Å²) in [6.07, 6.45) is 6.51. The number of amides is 1. The van der Waals surface area contributed by atoms with E-state index in [0.717, 1.165) is 30.7 Å². The third-order valence-electron chi connectivity index (χ3n) is 3.03. The molecule has 6 heteroatoms. The van der Waals surface area contributed by atoms with Crippen molar-refractivity contribution in [3.63, 3.8) is 0 Å². The highest BCUT2D eigenvalue weighted by molar-refractivity contribution is 7.16. The highest BCUT2D eigenvalue weighted by atomic mass is 32.1. The van der Waals surface area contributed by atoms with E-state index in [2.05, 4.69) is 22.1 Å². The molecule has 2 rings (SSSR count). The summed E-state index contributed by atoms with van der Waals surface area (Å²) in [4.78, 5) is 16.7. The lowest BCUT2D eigenvalue weighted by molar-refractivity contribution is -0.117. The molecular weight excluding hydrogens is 274 g/mol. The lowest BCUT2D eigenvalue weighted by Gasteiger charge is -2.21. The van der Waals surface area contributed by atoms with E-state index in [1.54, 1.807) is 6.20 Å². The standard InChI is InChI=1S/C14H19N3O2S/c15-8-3-5-12-10-16-14(20-12)17-13(18)7-6-11-4-1-2-9-19-11/h10-11H,1-2,4,6-9,15H2,(H,16,17,18). The second kappa shape index (κ2) is 8.00. The summed E-state index contributed by atoms with van der Waals surface area (Å²) in [6, 6.07) is 0. The lowest BCUT2D eigenvalue weighted by Crippen LogP contribution is -2.21. The number of hydrogen-bond donors (Lipinski definition) is 2. The van der Waals surface area contributed by atoms with Gasteiger partial charge in [0, 0.05) is 13.0 Å². The summed E-state index contributed by atoms with van der Waals surface area (Å²) in [5.74, 6) is 5.63. The first-order valence-electron chi connectivity index (χ1n) is 6.84. The zero-order chi connectivity index (χ0) is 14.2. The molecule has 2 heterocycles. The Bertz CT molecular complexity index is 498. The predicted molar refractivity (Wildman–Crippen MR) is 79.5 cm³/mol. The number of carbonyl (C=O) groups excluding carboxylic acids is 1. The van der Waals surface area contributed by atoms with Crippen LogP contribution in [0.25, 0.3) is 0 Å². The molecule has 0 bridgehead atoms. The fraction of sp³-hybridized carbons (Fsp3) is 0.571. The van der Waals surface area contributed by atoms with Crippen LogP contribution in [0.15, 0.2) is 6.20 Å². The minimum Gasteiger partial charge on any atom is -0.378 e. The number of nitrogens with one attached hydrogen (secondary N) is 1. The minimum atomic E-state index is -0.0214. The number of aromatic nitrogens is 1. The van der Waals surface area contributed by atoms with Crippen LogP contribution in [0.1, 0.15) is 37.0 Å². The maximum absolute atomic E-state index is 11.8. The molecule has 1 aliphatic heterocycles. The molecule has 108 valence electrons. The van der Waals surface area contributed by atoms with E-state index in [1.165, 1.54) is 17.8 Å². The molecule has 1 atom stereocenters. The second-order valence-electron chi connectivity index (χ2n) is 4.61. The molecule has 0 aromatic carbocycles. The van der Waals surface area contributed by atoms with Crippen LogP contribution in [0.2, 0.25) is 0 Å². The number of nitrogens with two attached hydrogens (primary N) is 1. The van der Waals surface area contributed by atoms with Gasteiger partial charge in [-0.25, -0.2) is 4.98 Å². The number of rotatable bonds is 4. The number of thiazole rings is 1. The molecule has 1 fully saturated rings. The lowest BCUT2D eigenvalue weighted by atomic mass is 10.0. The molecule has 0 spiro atoms. The normalized spacial score (nSPS) is 18.1. The minimum absolute atomic E-state index is 0.0214. The Kier molecular flexibility index (Phi) is 5.99. The van der Waals surface area contributed by atoms with Crippen molar-refractivity contribution in [3.05, 3.63) is 11.1 Å². The van der Waals surface area contributed by atoms with Gasteiger partial charge in [-0.3, -0.25) is 4.79 Å². The molecule has 1 saturated heterocycles. The second-order valence-corrected chi connectivity index (χ2v) is 5.64. The Labute approximate surface area is 122 Å². The first-order chi connectivity index (χ1) is 9.78. The predicted octanol–water partition coefficient (Wildman–Crippen LogP) is 1.74. The van der Waals surface area contributed by atoms with E-state index < -0.39 is 0 Å². The van der Waals surface area contributed by atoms with Crippen LogP contribution in [0.3, 0.4) is 0 Å². The molecule has 1 aromatic rings. The van der Waals surface area contributed by atoms with E-state index in [1.807, 2.05) is 0 Å². The highest BCUT2D eigenvalue weighted by Crippen LogP contribution is 2.19. The Balaban J connectivity index is 1.74. The van der Waals surface area contributed by atoms with Gasteiger partial charge < -0.3 is 15.8 Å². The van der Waals surface area contributed by atoms with Crippen molar-refractivity contribution < 1.29 is 9.53 Å². The number of hydrogen-bond acceptors (Lipinski definition) is 5. The van der Waals surface area contributed by atoms with E-state index in [-0.39, 0.29) is 12.0 Å². The average molecular weight is 293 g/mol. The van der Waals surface area contributed by atoms with Gasteiger partial charge in [0.05, 0.1) is 23.7 Å². The van der Waals surface area contributed by atoms with Crippen LogP contribution >= 0.6 is 11.3 Å². The quantitative estimate of drug-likeness (QED) is 0.829. The Hall–Kier alpha value is -1.42. The van der Waals surface area contributed by atoms with E-state index >= 15 is 0 Å². The van der Waals surface area contributed by atoms with Gasteiger partial charge in [-0.2, -0.15) is 0 Å². The van der Waals surface area contributed by atoms with Gasteiger partial charge in [0.1, 0.15) is 0 Å². The number of anilines is 1.